The van der Waals surface area contributed by atoms with E-state index in [0.717, 1.165) is 0 Å². The highest BCUT2D eigenvalue weighted by molar-refractivity contribution is 6.08. The van der Waals surface area contributed by atoms with E-state index in [1.54, 1.807) is 0 Å². The Bertz CT molecular complexity index is 1180. The first-order valence-electron chi connectivity index (χ1n) is 11.0. The van der Waals surface area contributed by atoms with Crippen LogP contribution >= 0.6 is 0 Å². The van der Waals surface area contributed by atoms with Crippen molar-refractivity contribution in [2.75, 3.05) is 0 Å². The van der Waals surface area contributed by atoms with Crippen molar-refractivity contribution in [1.29, 1.82) is 0 Å². The number of benzene rings is 4. The second-order valence-corrected chi connectivity index (χ2v) is 8.32. The molecule has 0 aliphatic rings. The van der Waals surface area contributed by atoms with E-state index >= 15 is 0 Å². The summed E-state index contributed by atoms with van der Waals surface area (Å²) in [4.78, 5) is 0. The van der Waals surface area contributed by atoms with Gasteiger partial charge in [-0.1, -0.05) is 116 Å². The predicted molar refractivity (Wildman–Crippen MR) is 137 cm³/mol. The van der Waals surface area contributed by atoms with E-state index in [-0.39, 0.29) is 0 Å². The number of para-hydroxylation sites is 1. The van der Waals surface area contributed by atoms with Crippen molar-refractivity contribution in [2.45, 2.75) is 33.6 Å². The van der Waals surface area contributed by atoms with Crippen LogP contribution in [0.15, 0.2) is 103 Å². The van der Waals surface area contributed by atoms with E-state index in [1.165, 1.54) is 38.5 Å². The smallest absolute Gasteiger partial charge is 0.0491 e. The summed E-state index contributed by atoms with van der Waals surface area (Å²) in [7, 11) is 2.15. The molecule has 0 fully saturated rings. The van der Waals surface area contributed by atoms with Crippen molar-refractivity contribution in [3.8, 4) is 0 Å². The average molecular weight is 408 g/mol. The molecule has 1 nitrogen and oxygen atoms in total. The SMILES string of the molecule is CC(C)c1ccc2c3ccccc3n(C)c2c1.Cc1ccccc1.Cc1ccccc1. The zero-order chi connectivity index (χ0) is 22.2. The van der Waals surface area contributed by atoms with Gasteiger partial charge in [0.1, 0.15) is 0 Å². The fraction of sp³-hybridized carbons (Fsp3) is 0.200. The molecule has 1 heteroatoms. The van der Waals surface area contributed by atoms with Crippen LogP contribution in [0.2, 0.25) is 0 Å². The maximum atomic E-state index is 2.32. The van der Waals surface area contributed by atoms with Gasteiger partial charge in [0.2, 0.25) is 0 Å². The molecule has 0 N–H and O–H groups in total. The first-order valence-corrected chi connectivity index (χ1v) is 11.0. The molecule has 0 bridgehead atoms. The van der Waals surface area contributed by atoms with Gasteiger partial charge in [0.05, 0.1) is 0 Å². The van der Waals surface area contributed by atoms with Crippen molar-refractivity contribution in [2.24, 2.45) is 7.05 Å². The molecule has 0 saturated heterocycles. The van der Waals surface area contributed by atoms with Gasteiger partial charge in [-0.3, -0.25) is 0 Å². The fourth-order valence-electron chi connectivity index (χ4n) is 3.61. The maximum absolute atomic E-state index is 2.32. The second-order valence-electron chi connectivity index (χ2n) is 8.32. The van der Waals surface area contributed by atoms with Crippen molar-refractivity contribution >= 4 is 21.8 Å². The Kier molecular flexibility index (Phi) is 7.67. The van der Waals surface area contributed by atoms with Gasteiger partial charge in [-0.2, -0.15) is 0 Å². The van der Waals surface area contributed by atoms with Crippen LogP contribution in [0.1, 0.15) is 36.5 Å². The summed E-state index contributed by atoms with van der Waals surface area (Å²) in [6.07, 6.45) is 0. The summed E-state index contributed by atoms with van der Waals surface area (Å²) in [6, 6.07) is 35.9. The van der Waals surface area contributed by atoms with E-state index in [4.69, 9.17) is 0 Å². The molecule has 0 aliphatic heterocycles. The summed E-state index contributed by atoms with van der Waals surface area (Å²) in [5.41, 5.74) is 6.69. The van der Waals surface area contributed by atoms with Gasteiger partial charge in [0, 0.05) is 28.9 Å². The minimum absolute atomic E-state index is 0.581. The molecular weight excluding hydrogens is 374 g/mol. The van der Waals surface area contributed by atoms with Gasteiger partial charge in [0.15, 0.2) is 0 Å². The van der Waals surface area contributed by atoms with E-state index in [9.17, 15) is 0 Å². The lowest BCUT2D eigenvalue weighted by Gasteiger charge is -2.06. The van der Waals surface area contributed by atoms with Crippen LogP contribution in [-0.4, -0.2) is 4.57 Å². The molecule has 1 aromatic heterocycles. The van der Waals surface area contributed by atoms with Crippen LogP contribution < -0.4 is 0 Å². The number of fused-ring (bicyclic) bond motifs is 3. The monoisotopic (exact) mass is 407 g/mol. The number of hydrogen-bond acceptors (Lipinski definition) is 0. The topological polar surface area (TPSA) is 4.93 Å². The predicted octanol–water partition coefficient (Wildman–Crippen LogP) is 8.44. The Morgan fingerprint density at radius 3 is 1.52 bits per heavy atom. The highest BCUT2D eigenvalue weighted by Gasteiger charge is 2.08. The van der Waals surface area contributed by atoms with Crippen LogP contribution in [0.25, 0.3) is 21.8 Å². The lowest BCUT2D eigenvalue weighted by atomic mass is 10.0. The van der Waals surface area contributed by atoms with Gasteiger partial charge in [-0.15, -0.1) is 0 Å². The molecule has 0 spiro atoms. The molecule has 0 radical (unpaired) electrons. The summed E-state index contributed by atoms with van der Waals surface area (Å²) in [6.45, 7) is 8.65. The number of nitrogens with zero attached hydrogens (tertiary/aromatic N) is 1. The van der Waals surface area contributed by atoms with Gasteiger partial charge in [0.25, 0.3) is 0 Å². The van der Waals surface area contributed by atoms with Gasteiger partial charge >= 0.3 is 0 Å². The Morgan fingerprint density at radius 2 is 1.03 bits per heavy atom. The van der Waals surface area contributed by atoms with Crippen molar-refractivity contribution in [3.05, 3.63) is 120 Å². The number of rotatable bonds is 1. The molecule has 158 valence electrons. The molecule has 0 amide bonds. The third-order valence-corrected chi connectivity index (χ3v) is 5.49. The van der Waals surface area contributed by atoms with Crippen LogP contribution in [-0.2, 0) is 7.05 Å². The second kappa shape index (κ2) is 10.6. The molecule has 0 atom stereocenters. The summed E-state index contributed by atoms with van der Waals surface area (Å²) >= 11 is 0. The van der Waals surface area contributed by atoms with Crippen LogP contribution in [0.4, 0.5) is 0 Å². The lowest BCUT2D eigenvalue weighted by Crippen LogP contribution is -1.90. The zero-order valence-electron chi connectivity index (χ0n) is 19.3. The molecule has 31 heavy (non-hydrogen) atoms. The molecule has 4 aromatic carbocycles. The number of aryl methyl sites for hydroxylation is 3. The Hall–Kier alpha value is -3.32. The first-order chi connectivity index (χ1) is 15.0. The van der Waals surface area contributed by atoms with Gasteiger partial charge in [-0.25, -0.2) is 0 Å². The zero-order valence-corrected chi connectivity index (χ0v) is 19.3. The highest BCUT2D eigenvalue weighted by Crippen LogP contribution is 2.30. The van der Waals surface area contributed by atoms with E-state index in [1.807, 2.05) is 36.4 Å². The molecule has 1 heterocycles. The fourth-order valence-corrected chi connectivity index (χ4v) is 3.61. The van der Waals surface area contributed by atoms with Gasteiger partial charge in [-0.05, 0) is 37.5 Å². The Labute approximate surface area is 187 Å². The van der Waals surface area contributed by atoms with Crippen molar-refractivity contribution in [1.82, 2.24) is 4.57 Å². The molecule has 0 saturated carbocycles. The Balaban J connectivity index is 0.000000160. The largest absolute Gasteiger partial charge is 0.344 e. The Morgan fingerprint density at radius 1 is 0.548 bits per heavy atom. The number of aromatic nitrogens is 1. The van der Waals surface area contributed by atoms with E-state index in [2.05, 4.69) is 106 Å². The summed E-state index contributed by atoms with van der Waals surface area (Å²) < 4.78 is 2.29. The normalized spacial score (nSPS) is 10.4. The molecule has 0 unspecified atom stereocenters. The molecule has 5 aromatic rings. The quantitative estimate of drug-likeness (QED) is 0.263. The number of hydrogen-bond donors (Lipinski definition) is 0. The third kappa shape index (κ3) is 5.86. The van der Waals surface area contributed by atoms with Crippen molar-refractivity contribution < 1.29 is 0 Å². The first kappa shape index (κ1) is 22.4. The molecule has 5 rings (SSSR count). The molecule has 0 aliphatic carbocycles. The average Bonchev–Trinajstić information content (AvgIpc) is 3.08. The summed E-state index contributed by atoms with van der Waals surface area (Å²) in [5.74, 6) is 0.581. The minimum atomic E-state index is 0.581. The van der Waals surface area contributed by atoms with Crippen LogP contribution in [0, 0.1) is 13.8 Å². The third-order valence-electron chi connectivity index (χ3n) is 5.49. The van der Waals surface area contributed by atoms with Crippen molar-refractivity contribution in [3.63, 3.8) is 0 Å². The van der Waals surface area contributed by atoms with Gasteiger partial charge < -0.3 is 4.57 Å². The summed E-state index contributed by atoms with van der Waals surface area (Å²) in [5, 5.41) is 2.70. The van der Waals surface area contributed by atoms with Crippen LogP contribution in [0.5, 0.6) is 0 Å². The highest BCUT2D eigenvalue weighted by atomic mass is 14.9. The maximum Gasteiger partial charge on any atom is 0.0491 e. The lowest BCUT2D eigenvalue weighted by molar-refractivity contribution is 0.866. The van der Waals surface area contributed by atoms with E-state index in [0.29, 0.717) is 5.92 Å². The molecular formula is C30H33N. The van der Waals surface area contributed by atoms with Crippen LogP contribution in [0.3, 0.4) is 0 Å². The minimum Gasteiger partial charge on any atom is -0.344 e. The standard InChI is InChI=1S/C16H17N.2C7H8/c1-11(2)12-8-9-14-13-6-4-5-7-15(13)17(3)16(14)10-12;2*1-7-5-3-2-4-6-7/h4-11H,1-3H3;2*2-6H,1H3. The van der Waals surface area contributed by atoms with E-state index < -0.39 is 0 Å².